The molecular weight excluding hydrogens is 214 g/mol. The quantitative estimate of drug-likeness (QED) is 0.707. The van der Waals surface area contributed by atoms with Gasteiger partial charge in [0.15, 0.2) is 5.89 Å². The van der Waals surface area contributed by atoms with E-state index in [2.05, 4.69) is 4.98 Å². The first-order valence-corrected chi connectivity index (χ1v) is 5.65. The molecule has 0 bridgehead atoms. The van der Waals surface area contributed by atoms with Gasteiger partial charge in [-0.1, -0.05) is 0 Å². The van der Waals surface area contributed by atoms with Gasteiger partial charge in [0.05, 0.1) is 11.8 Å². The molecule has 0 aliphatic carbocycles. The number of aromatic nitrogens is 1. The van der Waals surface area contributed by atoms with Crippen LogP contribution in [0.15, 0.2) is 10.6 Å². The van der Waals surface area contributed by atoms with Gasteiger partial charge in [-0.15, -0.1) is 11.6 Å². The summed E-state index contributed by atoms with van der Waals surface area (Å²) in [6.45, 7) is 4.04. The average molecular weight is 232 g/mol. The smallest absolute Gasteiger partial charge is 0.194 e. The van der Waals surface area contributed by atoms with Gasteiger partial charge in [-0.3, -0.25) is 0 Å². The molecule has 0 aliphatic rings. The standard InChI is InChI=1S/C11H18ClNO2/c1-11(2,14-3)7-9-8-13-10(15-9)5-4-6-12/h8H,4-7H2,1-3H3. The van der Waals surface area contributed by atoms with Crippen LogP contribution in [0.5, 0.6) is 0 Å². The van der Waals surface area contributed by atoms with Crippen LogP contribution in [0.25, 0.3) is 0 Å². The van der Waals surface area contributed by atoms with Gasteiger partial charge in [-0.05, 0) is 20.3 Å². The summed E-state index contributed by atoms with van der Waals surface area (Å²) < 4.78 is 10.9. The van der Waals surface area contributed by atoms with Gasteiger partial charge in [0, 0.05) is 25.8 Å². The maximum absolute atomic E-state index is 5.60. The third-order valence-electron chi connectivity index (χ3n) is 2.28. The van der Waals surface area contributed by atoms with Crippen molar-refractivity contribution in [1.82, 2.24) is 4.98 Å². The second-order valence-electron chi connectivity index (χ2n) is 4.15. The van der Waals surface area contributed by atoms with Crippen molar-refractivity contribution in [3.05, 3.63) is 17.8 Å². The number of halogens is 1. The van der Waals surface area contributed by atoms with E-state index in [1.165, 1.54) is 0 Å². The van der Waals surface area contributed by atoms with Crippen molar-refractivity contribution in [2.75, 3.05) is 13.0 Å². The van der Waals surface area contributed by atoms with E-state index in [1.807, 2.05) is 13.8 Å². The molecule has 1 aromatic rings. The summed E-state index contributed by atoms with van der Waals surface area (Å²) in [6, 6.07) is 0. The van der Waals surface area contributed by atoms with Crippen molar-refractivity contribution >= 4 is 11.6 Å². The number of aryl methyl sites for hydroxylation is 1. The fourth-order valence-corrected chi connectivity index (χ4v) is 1.39. The van der Waals surface area contributed by atoms with E-state index in [0.717, 1.165) is 30.9 Å². The predicted octanol–water partition coefficient (Wildman–Crippen LogP) is 2.81. The van der Waals surface area contributed by atoms with Gasteiger partial charge >= 0.3 is 0 Å². The molecule has 1 heterocycles. The van der Waals surface area contributed by atoms with Crippen LogP contribution in [0.4, 0.5) is 0 Å². The van der Waals surface area contributed by atoms with E-state index in [1.54, 1.807) is 13.3 Å². The molecule has 1 aromatic heterocycles. The zero-order valence-corrected chi connectivity index (χ0v) is 10.3. The van der Waals surface area contributed by atoms with Crippen LogP contribution in [-0.2, 0) is 17.6 Å². The molecule has 0 saturated carbocycles. The van der Waals surface area contributed by atoms with Gasteiger partial charge in [0.25, 0.3) is 0 Å². The molecule has 0 aromatic carbocycles. The van der Waals surface area contributed by atoms with E-state index >= 15 is 0 Å². The monoisotopic (exact) mass is 231 g/mol. The Morgan fingerprint density at radius 3 is 2.87 bits per heavy atom. The van der Waals surface area contributed by atoms with Crippen LogP contribution in [0.1, 0.15) is 31.9 Å². The third-order valence-corrected chi connectivity index (χ3v) is 2.55. The number of methoxy groups -OCH3 is 1. The van der Waals surface area contributed by atoms with Crippen molar-refractivity contribution in [2.24, 2.45) is 0 Å². The Morgan fingerprint density at radius 2 is 2.27 bits per heavy atom. The highest BCUT2D eigenvalue weighted by Gasteiger charge is 2.19. The summed E-state index contributed by atoms with van der Waals surface area (Å²) in [5, 5.41) is 0. The minimum absolute atomic E-state index is 0.205. The number of oxazole rings is 1. The fourth-order valence-electron chi connectivity index (χ4n) is 1.26. The lowest BCUT2D eigenvalue weighted by atomic mass is 10.0. The van der Waals surface area contributed by atoms with Crippen molar-refractivity contribution in [3.63, 3.8) is 0 Å². The minimum atomic E-state index is -0.205. The summed E-state index contributed by atoms with van der Waals surface area (Å²) in [4.78, 5) is 4.19. The summed E-state index contributed by atoms with van der Waals surface area (Å²) in [5.41, 5.74) is -0.205. The highest BCUT2D eigenvalue weighted by atomic mass is 35.5. The number of nitrogens with zero attached hydrogens (tertiary/aromatic N) is 1. The van der Waals surface area contributed by atoms with Crippen molar-refractivity contribution in [1.29, 1.82) is 0 Å². The highest BCUT2D eigenvalue weighted by Crippen LogP contribution is 2.17. The number of hydrogen-bond donors (Lipinski definition) is 0. The first-order valence-electron chi connectivity index (χ1n) is 5.12. The molecule has 0 radical (unpaired) electrons. The molecule has 0 amide bonds. The van der Waals surface area contributed by atoms with Gasteiger partial charge in [-0.25, -0.2) is 4.98 Å². The van der Waals surface area contributed by atoms with Gasteiger partial charge < -0.3 is 9.15 Å². The Morgan fingerprint density at radius 1 is 1.53 bits per heavy atom. The lowest BCUT2D eigenvalue weighted by Crippen LogP contribution is -2.25. The first-order chi connectivity index (χ1) is 7.07. The van der Waals surface area contributed by atoms with E-state index in [0.29, 0.717) is 5.88 Å². The second-order valence-corrected chi connectivity index (χ2v) is 4.53. The number of rotatable bonds is 6. The Hall–Kier alpha value is -0.540. The maximum atomic E-state index is 5.60. The molecule has 3 nitrogen and oxygen atoms in total. The average Bonchev–Trinajstić information content (AvgIpc) is 2.62. The van der Waals surface area contributed by atoms with Gasteiger partial charge in [0.1, 0.15) is 5.76 Å². The van der Waals surface area contributed by atoms with Crippen LogP contribution in [0, 0.1) is 0 Å². The van der Waals surface area contributed by atoms with Crippen LogP contribution >= 0.6 is 11.6 Å². The molecule has 86 valence electrons. The highest BCUT2D eigenvalue weighted by molar-refractivity contribution is 6.17. The topological polar surface area (TPSA) is 35.3 Å². The molecular formula is C11H18ClNO2. The van der Waals surface area contributed by atoms with Crippen molar-refractivity contribution in [3.8, 4) is 0 Å². The zero-order valence-electron chi connectivity index (χ0n) is 9.55. The maximum Gasteiger partial charge on any atom is 0.194 e. The molecule has 0 spiro atoms. The molecule has 0 unspecified atom stereocenters. The number of ether oxygens (including phenoxy) is 1. The second kappa shape index (κ2) is 5.52. The predicted molar refractivity (Wildman–Crippen MR) is 60.3 cm³/mol. The van der Waals surface area contributed by atoms with Crippen molar-refractivity contribution < 1.29 is 9.15 Å². The van der Waals surface area contributed by atoms with Crippen LogP contribution in [0.3, 0.4) is 0 Å². The Balaban J connectivity index is 2.52. The lowest BCUT2D eigenvalue weighted by Gasteiger charge is -2.20. The molecule has 1 rings (SSSR count). The van der Waals surface area contributed by atoms with Crippen LogP contribution in [-0.4, -0.2) is 23.6 Å². The molecule has 0 N–H and O–H groups in total. The molecule has 0 saturated heterocycles. The van der Waals surface area contributed by atoms with E-state index in [4.69, 9.17) is 20.8 Å². The SMILES string of the molecule is COC(C)(C)Cc1cnc(CCCCl)o1. The van der Waals surface area contributed by atoms with E-state index in [9.17, 15) is 0 Å². The Kier molecular flexibility index (Phi) is 4.61. The van der Waals surface area contributed by atoms with Gasteiger partial charge in [0.2, 0.25) is 0 Å². The first kappa shape index (κ1) is 12.5. The van der Waals surface area contributed by atoms with Crippen molar-refractivity contribution in [2.45, 2.75) is 38.7 Å². The van der Waals surface area contributed by atoms with Crippen LogP contribution < -0.4 is 0 Å². The zero-order chi connectivity index (χ0) is 11.3. The normalized spacial score (nSPS) is 12.0. The summed E-state index contributed by atoms with van der Waals surface area (Å²) >= 11 is 5.60. The summed E-state index contributed by atoms with van der Waals surface area (Å²) in [6.07, 6.45) is 4.20. The number of alkyl halides is 1. The molecule has 15 heavy (non-hydrogen) atoms. The molecule has 0 fully saturated rings. The van der Waals surface area contributed by atoms with E-state index < -0.39 is 0 Å². The Bertz CT molecular complexity index is 297. The third kappa shape index (κ3) is 4.22. The fraction of sp³-hybridized carbons (Fsp3) is 0.727. The summed E-state index contributed by atoms with van der Waals surface area (Å²) in [7, 11) is 1.70. The van der Waals surface area contributed by atoms with E-state index in [-0.39, 0.29) is 5.60 Å². The molecule has 4 heteroatoms. The molecule has 0 atom stereocenters. The molecule has 0 aliphatic heterocycles. The number of hydrogen-bond acceptors (Lipinski definition) is 3. The minimum Gasteiger partial charge on any atom is -0.446 e. The van der Waals surface area contributed by atoms with Crippen LogP contribution in [0.2, 0.25) is 0 Å². The summed E-state index contributed by atoms with van der Waals surface area (Å²) in [5.74, 6) is 2.27. The lowest BCUT2D eigenvalue weighted by molar-refractivity contribution is 0.0190. The Labute approximate surface area is 95.8 Å². The largest absolute Gasteiger partial charge is 0.446 e. The van der Waals surface area contributed by atoms with Gasteiger partial charge in [-0.2, -0.15) is 0 Å².